The number of aromatic carboxylic acids is 1. The first-order valence-corrected chi connectivity index (χ1v) is 7.80. The quantitative estimate of drug-likeness (QED) is 0.741. The molecule has 1 N–H and O–H groups in total. The molecular weight excluding hydrogens is 306 g/mol. The molecular formula is C18H17N3O3. The van der Waals surface area contributed by atoms with E-state index in [9.17, 15) is 4.79 Å². The van der Waals surface area contributed by atoms with Crippen LogP contribution in [0.25, 0.3) is 23.0 Å². The van der Waals surface area contributed by atoms with Gasteiger partial charge in [0.05, 0.1) is 5.56 Å². The first-order valence-electron chi connectivity index (χ1n) is 7.80. The molecule has 3 rings (SSSR count). The first kappa shape index (κ1) is 15.9. The Labute approximate surface area is 139 Å². The molecule has 0 unspecified atom stereocenters. The molecule has 0 fully saturated rings. The maximum absolute atomic E-state index is 10.9. The normalized spacial score (nSPS) is 10.7. The predicted molar refractivity (Wildman–Crippen MR) is 88.5 cm³/mol. The van der Waals surface area contributed by atoms with Crippen LogP contribution < -0.4 is 0 Å². The summed E-state index contributed by atoms with van der Waals surface area (Å²) in [6, 6.07) is 10.2. The average Bonchev–Trinajstić information content (AvgIpc) is 3.10. The number of aryl methyl sites for hydroxylation is 1. The minimum absolute atomic E-state index is 0.211. The molecule has 0 bridgehead atoms. The Morgan fingerprint density at radius 1 is 1.08 bits per heavy atom. The lowest BCUT2D eigenvalue weighted by Gasteiger charge is -2.00. The van der Waals surface area contributed by atoms with E-state index >= 15 is 0 Å². The fraction of sp³-hybridized carbons (Fsp3) is 0.222. The third-order valence-electron chi connectivity index (χ3n) is 3.67. The molecule has 6 heteroatoms. The zero-order valence-corrected chi connectivity index (χ0v) is 13.3. The van der Waals surface area contributed by atoms with Crippen LogP contribution in [-0.2, 0) is 6.42 Å². The van der Waals surface area contributed by atoms with Gasteiger partial charge in [0.15, 0.2) is 0 Å². The van der Waals surface area contributed by atoms with Crippen molar-refractivity contribution in [3.63, 3.8) is 0 Å². The summed E-state index contributed by atoms with van der Waals surface area (Å²) in [5, 5.41) is 16.9. The molecule has 0 saturated heterocycles. The number of benzene rings is 1. The van der Waals surface area contributed by atoms with Crippen molar-refractivity contribution in [2.45, 2.75) is 26.2 Å². The minimum Gasteiger partial charge on any atom is -0.478 e. The minimum atomic E-state index is -0.972. The van der Waals surface area contributed by atoms with Crippen LogP contribution in [-0.4, -0.2) is 26.3 Å². The van der Waals surface area contributed by atoms with Gasteiger partial charge in [0.2, 0.25) is 5.89 Å². The van der Waals surface area contributed by atoms with Crippen molar-refractivity contribution in [1.82, 2.24) is 15.2 Å². The second kappa shape index (κ2) is 7.04. The average molecular weight is 323 g/mol. The Bertz CT molecular complexity index is 823. The summed E-state index contributed by atoms with van der Waals surface area (Å²) in [6.07, 6.45) is 5.12. The van der Waals surface area contributed by atoms with Gasteiger partial charge in [0.1, 0.15) is 5.69 Å². The highest BCUT2D eigenvalue weighted by atomic mass is 16.4. The molecule has 0 aliphatic heterocycles. The van der Waals surface area contributed by atoms with Gasteiger partial charge in [-0.05, 0) is 48.7 Å². The number of hydrogen-bond acceptors (Lipinski definition) is 5. The van der Waals surface area contributed by atoms with Gasteiger partial charge in [0, 0.05) is 11.8 Å². The number of unbranched alkanes of at least 4 members (excludes halogenated alkanes) is 1. The van der Waals surface area contributed by atoms with Crippen LogP contribution >= 0.6 is 0 Å². The largest absolute Gasteiger partial charge is 0.478 e. The van der Waals surface area contributed by atoms with Crippen LogP contribution in [0.3, 0.4) is 0 Å². The highest BCUT2D eigenvalue weighted by Crippen LogP contribution is 2.23. The van der Waals surface area contributed by atoms with Crippen molar-refractivity contribution in [2.75, 3.05) is 0 Å². The van der Waals surface area contributed by atoms with Crippen molar-refractivity contribution in [3.8, 4) is 23.0 Å². The van der Waals surface area contributed by atoms with Gasteiger partial charge in [-0.15, -0.1) is 10.2 Å². The molecule has 0 saturated carbocycles. The second-order valence-corrected chi connectivity index (χ2v) is 5.45. The van der Waals surface area contributed by atoms with Crippen molar-refractivity contribution >= 4 is 5.97 Å². The van der Waals surface area contributed by atoms with E-state index in [1.54, 1.807) is 12.1 Å². The Morgan fingerprint density at radius 3 is 2.46 bits per heavy atom. The van der Waals surface area contributed by atoms with Crippen molar-refractivity contribution in [3.05, 3.63) is 53.7 Å². The Balaban J connectivity index is 1.78. The number of carboxylic acids is 1. The predicted octanol–water partition coefficient (Wildman–Crippen LogP) is 3.84. The molecule has 2 aromatic heterocycles. The van der Waals surface area contributed by atoms with Gasteiger partial charge in [0.25, 0.3) is 5.89 Å². The van der Waals surface area contributed by atoms with Gasteiger partial charge < -0.3 is 9.52 Å². The number of carboxylic acid groups (broad SMARTS) is 1. The lowest BCUT2D eigenvalue weighted by atomic mass is 10.1. The van der Waals surface area contributed by atoms with Gasteiger partial charge in [-0.25, -0.2) is 4.79 Å². The van der Waals surface area contributed by atoms with Crippen molar-refractivity contribution < 1.29 is 14.3 Å². The third-order valence-corrected chi connectivity index (χ3v) is 3.67. The maximum Gasteiger partial charge on any atom is 0.335 e. The Morgan fingerprint density at radius 2 is 1.83 bits per heavy atom. The van der Waals surface area contributed by atoms with E-state index in [2.05, 4.69) is 22.1 Å². The summed E-state index contributed by atoms with van der Waals surface area (Å²) in [5.74, 6) is -0.298. The Kier molecular flexibility index (Phi) is 4.65. The summed E-state index contributed by atoms with van der Waals surface area (Å²) in [5.41, 5.74) is 2.68. The molecule has 0 atom stereocenters. The smallest absolute Gasteiger partial charge is 0.335 e. The van der Waals surface area contributed by atoms with Crippen LogP contribution in [0, 0.1) is 0 Å². The zero-order chi connectivity index (χ0) is 16.9. The van der Waals surface area contributed by atoms with Crippen LogP contribution in [0.1, 0.15) is 35.7 Å². The monoisotopic (exact) mass is 323 g/mol. The van der Waals surface area contributed by atoms with Crippen LogP contribution in [0.4, 0.5) is 0 Å². The standard InChI is InChI=1S/C18H17N3O3/c1-2-3-4-12-5-10-15(19-11-12)17-21-20-16(24-17)13-6-8-14(9-7-13)18(22)23/h5-11H,2-4H2,1H3,(H,22,23). The number of rotatable bonds is 6. The number of aromatic nitrogens is 3. The molecule has 1 aromatic carbocycles. The summed E-state index contributed by atoms with van der Waals surface area (Å²) >= 11 is 0. The summed E-state index contributed by atoms with van der Waals surface area (Å²) in [6.45, 7) is 2.16. The Hall–Kier alpha value is -3.02. The summed E-state index contributed by atoms with van der Waals surface area (Å²) in [4.78, 5) is 15.2. The lowest BCUT2D eigenvalue weighted by molar-refractivity contribution is 0.0697. The van der Waals surface area contributed by atoms with E-state index in [1.807, 2.05) is 18.3 Å². The molecule has 0 spiro atoms. The molecule has 2 heterocycles. The summed E-state index contributed by atoms with van der Waals surface area (Å²) < 4.78 is 5.64. The fourth-order valence-electron chi connectivity index (χ4n) is 2.28. The van der Waals surface area contributed by atoms with Gasteiger partial charge in [-0.2, -0.15) is 0 Å². The van der Waals surface area contributed by atoms with E-state index in [4.69, 9.17) is 9.52 Å². The molecule has 3 aromatic rings. The van der Waals surface area contributed by atoms with Crippen LogP contribution in [0.15, 0.2) is 47.0 Å². The van der Waals surface area contributed by atoms with E-state index in [-0.39, 0.29) is 5.56 Å². The summed E-state index contributed by atoms with van der Waals surface area (Å²) in [7, 11) is 0. The highest BCUT2D eigenvalue weighted by molar-refractivity contribution is 5.88. The van der Waals surface area contributed by atoms with Crippen LogP contribution in [0.5, 0.6) is 0 Å². The fourth-order valence-corrected chi connectivity index (χ4v) is 2.28. The third kappa shape index (κ3) is 3.48. The van der Waals surface area contributed by atoms with Gasteiger partial charge in [-0.3, -0.25) is 4.98 Å². The second-order valence-electron chi connectivity index (χ2n) is 5.45. The number of carbonyl (C=O) groups is 1. The van der Waals surface area contributed by atoms with E-state index in [0.717, 1.165) is 19.3 Å². The number of nitrogens with zero attached hydrogens (tertiary/aromatic N) is 3. The molecule has 6 nitrogen and oxygen atoms in total. The molecule has 0 amide bonds. The van der Waals surface area contributed by atoms with E-state index < -0.39 is 5.97 Å². The number of hydrogen-bond donors (Lipinski definition) is 1. The SMILES string of the molecule is CCCCc1ccc(-c2nnc(-c3ccc(C(=O)O)cc3)o2)nc1. The molecule has 0 radical (unpaired) electrons. The van der Waals surface area contributed by atoms with Crippen LogP contribution in [0.2, 0.25) is 0 Å². The maximum atomic E-state index is 10.9. The topological polar surface area (TPSA) is 89.1 Å². The first-order chi connectivity index (χ1) is 11.7. The molecule has 24 heavy (non-hydrogen) atoms. The molecule has 0 aliphatic carbocycles. The van der Waals surface area contributed by atoms with E-state index in [1.165, 1.54) is 17.7 Å². The van der Waals surface area contributed by atoms with Gasteiger partial charge in [-0.1, -0.05) is 19.4 Å². The zero-order valence-electron chi connectivity index (χ0n) is 13.3. The van der Waals surface area contributed by atoms with Crippen molar-refractivity contribution in [2.24, 2.45) is 0 Å². The number of pyridine rings is 1. The highest BCUT2D eigenvalue weighted by Gasteiger charge is 2.12. The lowest BCUT2D eigenvalue weighted by Crippen LogP contribution is -1.94. The molecule has 0 aliphatic rings. The van der Waals surface area contributed by atoms with E-state index in [0.29, 0.717) is 23.0 Å². The van der Waals surface area contributed by atoms with Crippen molar-refractivity contribution in [1.29, 1.82) is 0 Å². The molecule has 122 valence electrons. The van der Waals surface area contributed by atoms with Gasteiger partial charge >= 0.3 is 5.97 Å².